The number of aliphatic carboxylic acids is 1. The zero-order valence-corrected chi connectivity index (χ0v) is 18.6. The SMILES string of the molecule is O=C(CC[C@H]1CN(c2ccc(N3CCON(C(=O)C4(C(=O)O)CC4)CC3)c(F)c2)C(=O)O1)C(F)F. The number of nitrogens with zero attached hydrogens (tertiary/aromatic N) is 3. The molecule has 1 N–H and O–H groups in total. The van der Waals surface area contributed by atoms with Gasteiger partial charge < -0.3 is 14.7 Å². The number of hydroxylamine groups is 2. The lowest BCUT2D eigenvalue weighted by Crippen LogP contribution is -2.42. The molecule has 4 rings (SSSR count). The van der Waals surface area contributed by atoms with Crippen LogP contribution in [0.2, 0.25) is 0 Å². The highest BCUT2D eigenvalue weighted by Gasteiger charge is 2.59. The Balaban J connectivity index is 1.38. The minimum Gasteiger partial charge on any atom is -0.480 e. The van der Waals surface area contributed by atoms with Crippen molar-refractivity contribution in [1.82, 2.24) is 5.06 Å². The number of carboxylic acids is 1. The molecule has 0 spiro atoms. The number of halogens is 3. The fourth-order valence-electron chi connectivity index (χ4n) is 4.15. The largest absolute Gasteiger partial charge is 0.480 e. The van der Waals surface area contributed by atoms with Crippen molar-refractivity contribution in [1.29, 1.82) is 0 Å². The van der Waals surface area contributed by atoms with E-state index in [0.717, 1.165) is 16.0 Å². The molecule has 190 valence electrons. The number of carbonyl (C=O) groups is 4. The maximum absolute atomic E-state index is 15.0. The maximum Gasteiger partial charge on any atom is 0.414 e. The van der Waals surface area contributed by atoms with Crippen LogP contribution in [-0.4, -0.2) is 79.2 Å². The summed E-state index contributed by atoms with van der Waals surface area (Å²) in [7, 11) is 0. The highest BCUT2D eigenvalue weighted by molar-refractivity contribution is 6.04. The van der Waals surface area contributed by atoms with Crippen LogP contribution in [0.3, 0.4) is 0 Å². The number of benzene rings is 1. The van der Waals surface area contributed by atoms with E-state index in [1.807, 2.05) is 0 Å². The number of carbonyl (C=O) groups excluding carboxylic acids is 3. The van der Waals surface area contributed by atoms with E-state index in [2.05, 4.69) is 0 Å². The molecule has 1 atom stereocenters. The summed E-state index contributed by atoms with van der Waals surface area (Å²) < 4.78 is 44.8. The Morgan fingerprint density at radius 2 is 1.91 bits per heavy atom. The number of hydrogen-bond acceptors (Lipinski definition) is 7. The zero-order valence-electron chi connectivity index (χ0n) is 18.6. The van der Waals surface area contributed by atoms with Crippen LogP contribution in [0.25, 0.3) is 0 Å². The molecular formula is C22H24F3N3O7. The third-order valence-electron chi connectivity index (χ3n) is 6.39. The third kappa shape index (κ3) is 5.04. The molecule has 1 aliphatic carbocycles. The number of hydrogen-bond donors (Lipinski definition) is 1. The van der Waals surface area contributed by atoms with Crippen LogP contribution < -0.4 is 9.80 Å². The summed E-state index contributed by atoms with van der Waals surface area (Å²) in [6.45, 7) is 0.524. The lowest BCUT2D eigenvalue weighted by atomic mass is 10.1. The minimum absolute atomic E-state index is 0.00586. The second-order valence-electron chi connectivity index (χ2n) is 8.67. The molecule has 0 aromatic heterocycles. The second-order valence-corrected chi connectivity index (χ2v) is 8.67. The smallest absolute Gasteiger partial charge is 0.414 e. The van der Waals surface area contributed by atoms with Crippen LogP contribution in [0.15, 0.2) is 18.2 Å². The van der Waals surface area contributed by atoms with Gasteiger partial charge in [-0.1, -0.05) is 0 Å². The quantitative estimate of drug-likeness (QED) is 0.542. The van der Waals surface area contributed by atoms with Gasteiger partial charge in [-0.2, -0.15) is 0 Å². The van der Waals surface area contributed by atoms with Crippen molar-refractivity contribution in [3.05, 3.63) is 24.0 Å². The molecule has 35 heavy (non-hydrogen) atoms. The van der Waals surface area contributed by atoms with Crippen molar-refractivity contribution in [3.63, 3.8) is 0 Å². The van der Waals surface area contributed by atoms with Crippen molar-refractivity contribution in [2.75, 3.05) is 42.6 Å². The number of Topliss-reactive ketones (excluding diaryl/α,β-unsaturated/α-hetero) is 1. The normalized spacial score (nSPS) is 21.7. The van der Waals surface area contributed by atoms with Gasteiger partial charge in [0.15, 0.2) is 5.78 Å². The summed E-state index contributed by atoms with van der Waals surface area (Å²) in [5, 5.41) is 10.4. The number of ketones is 1. The number of rotatable bonds is 8. The van der Waals surface area contributed by atoms with Crippen LogP contribution in [0.4, 0.5) is 29.3 Å². The lowest BCUT2D eigenvalue weighted by molar-refractivity contribution is -0.191. The number of alkyl halides is 2. The summed E-state index contributed by atoms with van der Waals surface area (Å²) >= 11 is 0. The molecular weight excluding hydrogens is 475 g/mol. The molecule has 2 amide bonds. The molecule has 0 bridgehead atoms. The number of ether oxygens (including phenoxy) is 1. The first-order valence-corrected chi connectivity index (χ1v) is 11.1. The molecule has 1 saturated carbocycles. The Kier molecular flexibility index (Phi) is 6.88. The van der Waals surface area contributed by atoms with E-state index >= 15 is 4.39 Å². The molecule has 3 fully saturated rings. The maximum atomic E-state index is 15.0. The van der Waals surface area contributed by atoms with Gasteiger partial charge in [-0.05, 0) is 37.5 Å². The number of carboxylic acid groups (broad SMARTS) is 1. The summed E-state index contributed by atoms with van der Waals surface area (Å²) in [4.78, 5) is 55.5. The Hall–Kier alpha value is -3.35. The topological polar surface area (TPSA) is 117 Å². The minimum atomic E-state index is -3.08. The predicted molar refractivity (Wildman–Crippen MR) is 113 cm³/mol. The summed E-state index contributed by atoms with van der Waals surface area (Å²) in [5.74, 6) is -3.67. The number of anilines is 2. The molecule has 2 heterocycles. The van der Waals surface area contributed by atoms with E-state index < -0.39 is 53.9 Å². The Morgan fingerprint density at radius 1 is 1.17 bits per heavy atom. The average molecular weight is 499 g/mol. The monoisotopic (exact) mass is 499 g/mol. The first-order valence-electron chi connectivity index (χ1n) is 11.1. The van der Waals surface area contributed by atoms with E-state index in [1.165, 1.54) is 12.1 Å². The summed E-state index contributed by atoms with van der Waals surface area (Å²) in [6, 6.07) is 4.11. The van der Waals surface area contributed by atoms with Gasteiger partial charge in [-0.15, -0.1) is 0 Å². The van der Waals surface area contributed by atoms with Crippen LogP contribution in [0.1, 0.15) is 25.7 Å². The molecule has 13 heteroatoms. The summed E-state index contributed by atoms with van der Waals surface area (Å²) in [5.41, 5.74) is -1.02. The van der Waals surface area contributed by atoms with Gasteiger partial charge in [0.1, 0.15) is 17.3 Å². The Morgan fingerprint density at radius 3 is 2.54 bits per heavy atom. The number of cyclic esters (lactones) is 1. The van der Waals surface area contributed by atoms with Crippen molar-refractivity contribution in [2.45, 2.75) is 38.2 Å². The molecule has 2 aliphatic heterocycles. The first-order chi connectivity index (χ1) is 16.6. The predicted octanol–water partition coefficient (Wildman–Crippen LogP) is 2.21. The molecule has 10 nitrogen and oxygen atoms in total. The van der Waals surface area contributed by atoms with Crippen LogP contribution in [0, 0.1) is 11.2 Å². The Bertz CT molecular complexity index is 1030. The molecule has 1 aromatic rings. The molecule has 2 saturated heterocycles. The van der Waals surface area contributed by atoms with Crippen LogP contribution in [-0.2, 0) is 24.0 Å². The van der Waals surface area contributed by atoms with Crippen molar-refractivity contribution in [2.24, 2.45) is 5.41 Å². The second kappa shape index (κ2) is 9.72. The molecule has 0 radical (unpaired) electrons. The molecule has 1 aromatic carbocycles. The van der Waals surface area contributed by atoms with Gasteiger partial charge in [0, 0.05) is 19.5 Å². The highest BCUT2D eigenvalue weighted by atomic mass is 19.3. The van der Waals surface area contributed by atoms with Crippen molar-refractivity contribution in [3.8, 4) is 0 Å². The fourth-order valence-corrected chi connectivity index (χ4v) is 4.15. The average Bonchev–Trinajstić information content (AvgIpc) is 3.59. The summed E-state index contributed by atoms with van der Waals surface area (Å²) in [6.07, 6.45) is -4.59. The van der Waals surface area contributed by atoms with E-state index in [1.54, 1.807) is 4.90 Å². The molecule has 3 aliphatic rings. The lowest BCUT2D eigenvalue weighted by Gasteiger charge is -2.24. The standard InChI is InChI=1S/C22H24F3N3O7/c23-15-11-13(27-12-14(35-21(27)33)2-4-17(29)18(24)25)1-3-16(15)26-7-8-28(34-10-9-26)19(30)22(5-6-22)20(31)32/h1,3,11,14,18H,2,4-10,12H2,(H,31,32)/t14-/m0/s1. The van der Waals surface area contributed by atoms with Gasteiger partial charge in [0.25, 0.3) is 12.3 Å². The van der Waals surface area contributed by atoms with Crippen molar-refractivity contribution >= 4 is 35.1 Å². The van der Waals surface area contributed by atoms with Gasteiger partial charge in [-0.3, -0.25) is 24.1 Å². The van der Waals surface area contributed by atoms with Gasteiger partial charge in [-0.25, -0.2) is 23.0 Å². The zero-order chi connectivity index (χ0) is 25.3. The van der Waals surface area contributed by atoms with Gasteiger partial charge >= 0.3 is 12.1 Å². The highest BCUT2D eigenvalue weighted by Crippen LogP contribution is 2.47. The third-order valence-corrected chi connectivity index (χ3v) is 6.39. The van der Waals surface area contributed by atoms with Gasteiger partial charge in [0.05, 0.1) is 31.1 Å². The molecule has 0 unspecified atom stereocenters. The van der Waals surface area contributed by atoms with E-state index in [9.17, 15) is 33.1 Å². The van der Waals surface area contributed by atoms with Gasteiger partial charge in [0.2, 0.25) is 0 Å². The van der Waals surface area contributed by atoms with E-state index in [4.69, 9.17) is 9.57 Å². The van der Waals surface area contributed by atoms with Crippen molar-refractivity contribution < 1.29 is 47.0 Å². The number of amides is 2. The Labute approximate surface area is 198 Å². The van der Waals surface area contributed by atoms with E-state index in [0.29, 0.717) is 0 Å². The van der Waals surface area contributed by atoms with Crippen LogP contribution >= 0.6 is 0 Å². The van der Waals surface area contributed by atoms with E-state index in [-0.39, 0.29) is 63.4 Å². The fraction of sp³-hybridized carbons (Fsp3) is 0.545. The first kappa shape index (κ1) is 24.8. The van der Waals surface area contributed by atoms with Crippen LogP contribution in [0.5, 0.6) is 0 Å².